The molecule has 1 aromatic heterocycles. The SMILES string of the molecule is COC(=O)c1nc(-c2ccc(Cl)c(OC)c2F)cc(NC(C)=O)c1OC. The molecule has 1 aromatic carbocycles. The number of nitrogens with one attached hydrogen (secondary N) is 1. The van der Waals surface area contributed by atoms with Gasteiger partial charge < -0.3 is 19.5 Å². The first-order chi connectivity index (χ1) is 12.3. The summed E-state index contributed by atoms with van der Waals surface area (Å²) in [6.07, 6.45) is 0. The van der Waals surface area contributed by atoms with Gasteiger partial charge in [0.25, 0.3) is 0 Å². The number of anilines is 1. The van der Waals surface area contributed by atoms with Crippen molar-refractivity contribution < 1.29 is 28.2 Å². The third-order valence-electron chi connectivity index (χ3n) is 3.40. The number of hydrogen-bond acceptors (Lipinski definition) is 6. The van der Waals surface area contributed by atoms with Gasteiger partial charge in [0.1, 0.15) is 0 Å². The lowest BCUT2D eigenvalue weighted by molar-refractivity contribution is -0.114. The zero-order chi connectivity index (χ0) is 19.4. The summed E-state index contributed by atoms with van der Waals surface area (Å²) >= 11 is 5.90. The fourth-order valence-electron chi connectivity index (χ4n) is 2.31. The highest BCUT2D eigenvalue weighted by atomic mass is 35.5. The van der Waals surface area contributed by atoms with Gasteiger partial charge in [-0.3, -0.25) is 4.79 Å². The number of aromatic nitrogens is 1. The Bertz CT molecular complexity index is 873. The zero-order valence-electron chi connectivity index (χ0n) is 14.5. The summed E-state index contributed by atoms with van der Waals surface area (Å²) in [6, 6.07) is 4.19. The van der Waals surface area contributed by atoms with Crippen molar-refractivity contribution in [3.05, 3.63) is 34.7 Å². The quantitative estimate of drug-likeness (QED) is 0.798. The fraction of sp³-hybridized carbons (Fsp3) is 0.235. The van der Waals surface area contributed by atoms with Crippen molar-refractivity contribution in [1.82, 2.24) is 4.98 Å². The van der Waals surface area contributed by atoms with Crippen LogP contribution in [0.15, 0.2) is 18.2 Å². The fourth-order valence-corrected chi connectivity index (χ4v) is 2.54. The monoisotopic (exact) mass is 382 g/mol. The third-order valence-corrected chi connectivity index (χ3v) is 3.69. The smallest absolute Gasteiger partial charge is 0.360 e. The first kappa shape index (κ1) is 19.5. The molecule has 2 rings (SSSR count). The summed E-state index contributed by atoms with van der Waals surface area (Å²) in [7, 11) is 3.75. The molecule has 0 radical (unpaired) electrons. The summed E-state index contributed by atoms with van der Waals surface area (Å²) < 4.78 is 29.5. The van der Waals surface area contributed by atoms with Crippen LogP contribution in [0.25, 0.3) is 11.3 Å². The Morgan fingerprint density at radius 2 is 1.81 bits per heavy atom. The number of methoxy groups -OCH3 is 3. The van der Waals surface area contributed by atoms with Gasteiger partial charge in [-0.25, -0.2) is 14.2 Å². The van der Waals surface area contributed by atoms with Gasteiger partial charge in [-0.1, -0.05) is 11.6 Å². The molecule has 2 aromatic rings. The van der Waals surface area contributed by atoms with E-state index in [4.69, 9.17) is 25.8 Å². The van der Waals surface area contributed by atoms with E-state index in [1.807, 2.05) is 0 Å². The van der Waals surface area contributed by atoms with Gasteiger partial charge in [0, 0.05) is 12.5 Å². The second-order valence-electron chi connectivity index (χ2n) is 5.05. The predicted octanol–water partition coefficient (Wildman–Crippen LogP) is 3.30. The lowest BCUT2D eigenvalue weighted by Crippen LogP contribution is -2.13. The molecule has 0 unspecified atom stereocenters. The number of benzene rings is 1. The average molecular weight is 383 g/mol. The number of pyridine rings is 1. The van der Waals surface area contributed by atoms with E-state index >= 15 is 0 Å². The molecule has 0 aliphatic rings. The minimum Gasteiger partial charge on any atom is -0.492 e. The Morgan fingerprint density at radius 3 is 2.35 bits per heavy atom. The number of hydrogen-bond donors (Lipinski definition) is 1. The van der Waals surface area contributed by atoms with Crippen molar-refractivity contribution >= 4 is 29.2 Å². The van der Waals surface area contributed by atoms with Gasteiger partial charge in [-0.2, -0.15) is 0 Å². The molecule has 0 saturated heterocycles. The van der Waals surface area contributed by atoms with Crippen molar-refractivity contribution in [1.29, 1.82) is 0 Å². The van der Waals surface area contributed by atoms with Crippen molar-refractivity contribution in [2.75, 3.05) is 26.6 Å². The lowest BCUT2D eigenvalue weighted by Gasteiger charge is -2.15. The van der Waals surface area contributed by atoms with Crippen molar-refractivity contribution in [2.45, 2.75) is 6.92 Å². The Hall–Kier alpha value is -2.87. The summed E-state index contributed by atoms with van der Waals surface area (Å²) in [4.78, 5) is 27.7. The molecule has 1 heterocycles. The first-order valence-electron chi connectivity index (χ1n) is 7.31. The maximum absolute atomic E-state index is 14.7. The molecule has 9 heteroatoms. The molecular weight excluding hydrogens is 367 g/mol. The van der Waals surface area contributed by atoms with E-state index in [1.165, 1.54) is 46.5 Å². The van der Waals surface area contributed by atoms with Crippen LogP contribution in [0.3, 0.4) is 0 Å². The molecule has 1 amide bonds. The summed E-state index contributed by atoms with van der Waals surface area (Å²) in [5.74, 6) is -2.15. The number of ether oxygens (including phenoxy) is 3. The molecule has 1 N–H and O–H groups in total. The molecule has 138 valence electrons. The molecule has 7 nitrogen and oxygen atoms in total. The Balaban J connectivity index is 2.77. The zero-order valence-corrected chi connectivity index (χ0v) is 15.2. The van der Waals surface area contributed by atoms with Gasteiger partial charge in [-0.05, 0) is 18.2 Å². The molecule has 0 spiro atoms. The van der Waals surface area contributed by atoms with Crippen LogP contribution in [0.1, 0.15) is 17.4 Å². The highest BCUT2D eigenvalue weighted by Gasteiger charge is 2.24. The van der Waals surface area contributed by atoms with Crippen molar-refractivity contribution in [3.63, 3.8) is 0 Å². The minimum absolute atomic E-state index is 0.00265. The topological polar surface area (TPSA) is 86.8 Å². The number of amides is 1. The van der Waals surface area contributed by atoms with Crippen LogP contribution in [0, 0.1) is 5.82 Å². The van der Waals surface area contributed by atoms with Crippen LogP contribution in [0.2, 0.25) is 5.02 Å². The second kappa shape index (κ2) is 8.01. The summed E-state index contributed by atoms with van der Waals surface area (Å²) in [6.45, 7) is 1.28. The number of carbonyl (C=O) groups is 2. The van der Waals surface area contributed by atoms with E-state index in [0.717, 1.165) is 0 Å². The van der Waals surface area contributed by atoms with Crippen LogP contribution >= 0.6 is 11.6 Å². The van der Waals surface area contributed by atoms with Crippen LogP contribution < -0.4 is 14.8 Å². The summed E-state index contributed by atoms with van der Waals surface area (Å²) in [5.41, 5.74) is -0.00337. The number of carbonyl (C=O) groups excluding carboxylic acids is 2. The van der Waals surface area contributed by atoms with E-state index in [9.17, 15) is 14.0 Å². The van der Waals surface area contributed by atoms with Crippen LogP contribution in [0.4, 0.5) is 10.1 Å². The first-order valence-corrected chi connectivity index (χ1v) is 7.69. The Labute approximate surface area is 154 Å². The summed E-state index contributed by atoms with van der Waals surface area (Å²) in [5, 5.41) is 2.60. The molecule has 0 atom stereocenters. The predicted molar refractivity (Wildman–Crippen MR) is 93.4 cm³/mol. The maximum atomic E-state index is 14.7. The van der Waals surface area contributed by atoms with E-state index in [2.05, 4.69) is 10.3 Å². The van der Waals surface area contributed by atoms with Crippen molar-refractivity contribution in [3.8, 4) is 22.8 Å². The van der Waals surface area contributed by atoms with Gasteiger partial charge in [0.2, 0.25) is 5.91 Å². The average Bonchev–Trinajstić information content (AvgIpc) is 2.60. The van der Waals surface area contributed by atoms with Crippen LogP contribution in [-0.4, -0.2) is 38.2 Å². The van der Waals surface area contributed by atoms with Gasteiger partial charge in [-0.15, -0.1) is 0 Å². The highest BCUT2D eigenvalue weighted by molar-refractivity contribution is 6.32. The molecular formula is C17H16ClFN2O5. The number of nitrogens with zero attached hydrogens (tertiary/aromatic N) is 1. The third kappa shape index (κ3) is 3.70. The van der Waals surface area contributed by atoms with Crippen LogP contribution in [-0.2, 0) is 9.53 Å². The molecule has 0 aliphatic heterocycles. The van der Waals surface area contributed by atoms with Gasteiger partial charge in [0.15, 0.2) is 23.0 Å². The highest BCUT2D eigenvalue weighted by Crippen LogP contribution is 2.37. The minimum atomic E-state index is -0.809. The lowest BCUT2D eigenvalue weighted by atomic mass is 10.1. The van der Waals surface area contributed by atoms with Gasteiger partial charge in [0.05, 0.1) is 37.7 Å². The van der Waals surface area contributed by atoms with E-state index in [0.29, 0.717) is 0 Å². The molecule has 0 saturated carbocycles. The van der Waals surface area contributed by atoms with Gasteiger partial charge >= 0.3 is 5.97 Å². The van der Waals surface area contributed by atoms with Crippen LogP contribution in [0.5, 0.6) is 11.5 Å². The standard InChI is InChI=1S/C17H16ClFN2O5/c1-8(22)20-12-7-11(21-14(16(12)25-3)17(23)26-4)9-5-6-10(18)15(24-2)13(9)19/h5-7H,1-4H3,(H,20,21,22). The maximum Gasteiger partial charge on any atom is 0.360 e. The van der Waals surface area contributed by atoms with Crippen molar-refractivity contribution in [2.24, 2.45) is 0 Å². The second-order valence-corrected chi connectivity index (χ2v) is 5.46. The van der Waals surface area contributed by atoms with E-state index < -0.39 is 17.7 Å². The largest absolute Gasteiger partial charge is 0.492 e. The number of esters is 1. The van der Waals surface area contributed by atoms with E-state index in [1.54, 1.807) is 0 Å². The number of halogens is 2. The number of rotatable bonds is 5. The molecule has 0 fully saturated rings. The molecule has 0 aliphatic carbocycles. The Morgan fingerprint density at radius 1 is 1.15 bits per heavy atom. The Kier molecular flexibility index (Phi) is 5.99. The molecule has 26 heavy (non-hydrogen) atoms. The normalized spacial score (nSPS) is 10.2. The van der Waals surface area contributed by atoms with E-state index in [-0.39, 0.29) is 39.2 Å². The molecule has 0 bridgehead atoms.